The van der Waals surface area contributed by atoms with Crippen LogP contribution in [0.4, 0.5) is 14.5 Å². The van der Waals surface area contributed by atoms with Crippen molar-refractivity contribution in [1.82, 2.24) is 0 Å². The van der Waals surface area contributed by atoms with Gasteiger partial charge < -0.3 is 10.4 Å². The molecule has 0 bridgehead atoms. The molecule has 0 radical (unpaired) electrons. The molecule has 20 heavy (non-hydrogen) atoms. The first-order valence-corrected chi connectivity index (χ1v) is 7.01. The summed E-state index contributed by atoms with van der Waals surface area (Å²) in [7, 11) is 0. The lowest BCUT2D eigenvalue weighted by Crippen LogP contribution is -2.32. The molecule has 3 nitrogen and oxygen atoms in total. The first kappa shape index (κ1) is 14.8. The van der Waals surface area contributed by atoms with Crippen LogP contribution < -0.4 is 5.32 Å². The van der Waals surface area contributed by atoms with Gasteiger partial charge in [0.25, 0.3) is 0 Å². The van der Waals surface area contributed by atoms with Gasteiger partial charge in [0.1, 0.15) is 11.6 Å². The van der Waals surface area contributed by atoms with Crippen LogP contribution in [0.1, 0.15) is 49.4 Å². The minimum absolute atomic E-state index is 0.0779. The molecule has 0 heterocycles. The molecule has 0 spiro atoms. The molecule has 5 heteroatoms. The number of hydrogen-bond acceptors (Lipinski definition) is 2. The lowest BCUT2D eigenvalue weighted by Gasteiger charge is -2.32. The number of rotatable bonds is 4. The van der Waals surface area contributed by atoms with Crippen molar-refractivity contribution in [1.29, 1.82) is 0 Å². The van der Waals surface area contributed by atoms with E-state index < -0.39 is 23.2 Å². The average molecular weight is 283 g/mol. The number of anilines is 1. The molecule has 0 aliphatic heterocycles. The summed E-state index contributed by atoms with van der Waals surface area (Å²) in [5.74, 6) is -2.73. The largest absolute Gasteiger partial charge is 0.478 e. The molecule has 1 aliphatic carbocycles. The van der Waals surface area contributed by atoms with Crippen LogP contribution >= 0.6 is 0 Å². The maximum absolute atomic E-state index is 13.8. The summed E-state index contributed by atoms with van der Waals surface area (Å²) in [5, 5.41) is 12.0. The minimum Gasteiger partial charge on any atom is -0.478 e. The second-order valence-electron chi connectivity index (χ2n) is 5.32. The Morgan fingerprint density at radius 3 is 2.65 bits per heavy atom. The number of halogens is 2. The van der Waals surface area contributed by atoms with Gasteiger partial charge in [0.2, 0.25) is 0 Å². The second-order valence-corrected chi connectivity index (χ2v) is 5.32. The maximum atomic E-state index is 13.8. The van der Waals surface area contributed by atoms with E-state index in [9.17, 15) is 13.6 Å². The van der Waals surface area contributed by atoms with E-state index in [-0.39, 0.29) is 11.7 Å². The molecule has 1 aliphatic rings. The molecule has 0 aromatic heterocycles. The smallest absolute Gasteiger partial charge is 0.338 e. The fourth-order valence-electron chi connectivity index (χ4n) is 2.91. The zero-order valence-corrected chi connectivity index (χ0v) is 11.5. The Morgan fingerprint density at radius 2 is 2.00 bits per heavy atom. The molecule has 110 valence electrons. The van der Waals surface area contributed by atoms with Crippen molar-refractivity contribution < 1.29 is 18.7 Å². The number of aromatic carboxylic acids is 1. The van der Waals surface area contributed by atoms with Crippen molar-refractivity contribution in [3.05, 3.63) is 29.3 Å². The Bertz CT molecular complexity index is 505. The normalized spacial score (nSPS) is 22.6. The van der Waals surface area contributed by atoms with Crippen molar-refractivity contribution in [2.75, 3.05) is 5.32 Å². The average Bonchev–Trinajstić information content (AvgIpc) is 2.42. The Labute approximate surface area is 117 Å². The zero-order chi connectivity index (χ0) is 14.7. The predicted octanol–water partition coefficient (Wildman–Crippen LogP) is 4.04. The van der Waals surface area contributed by atoms with Gasteiger partial charge >= 0.3 is 5.97 Å². The van der Waals surface area contributed by atoms with Crippen molar-refractivity contribution >= 4 is 11.7 Å². The summed E-state index contributed by atoms with van der Waals surface area (Å²) in [6.45, 7) is 2.09. The van der Waals surface area contributed by atoms with Crippen LogP contribution in [0.25, 0.3) is 0 Å². The highest BCUT2D eigenvalue weighted by molar-refractivity contribution is 5.89. The number of hydrogen-bond donors (Lipinski definition) is 2. The topological polar surface area (TPSA) is 49.3 Å². The van der Waals surface area contributed by atoms with E-state index in [1.54, 1.807) is 0 Å². The molecule has 0 amide bonds. The van der Waals surface area contributed by atoms with E-state index >= 15 is 0 Å². The van der Waals surface area contributed by atoms with E-state index in [4.69, 9.17) is 5.11 Å². The molecular weight excluding hydrogens is 264 g/mol. The summed E-state index contributed by atoms with van der Waals surface area (Å²) < 4.78 is 27.1. The van der Waals surface area contributed by atoms with Crippen LogP contribution in [-0.2, 0) is 0 Å². The monoisotopic (exact) mass is 283 g/mol. The van der Waals surface area contributed by atoms with Gasteiger partial charge in [0, 0.05) is 12.1 Å². The summed E-state index contributed by atoms with van der Waals surface area (Å²) in [4.78, 5) is 10.9. The van der Waals surface area contributed by atoms with Gasteiger partial charge in [-0.2, -0.15) is 0 Å². The molecule has 2 N–H and O–H groups in total. The van der Waals surface area contributed by atoms with Gasteiger partial charge in [-0.25, -0.2) is 13.6 Å². The number of nitrogens with one attached hydrogen (secondary N) is 1. The van der Waals surface area contributed by atoms with Crippen LogP contribution in [0.15, 0.2) is 12.1 Å². The Balaban J connectivity index is 2.23. The standard InChI is InChI=1S/C15H19F2NO2/c1-2-9-5-3-4-6-13(9)18-14-7-10(15(19)20)11(16)8-12(14)17/h7-9,13,18H,2-6H2,1H3,(H,19,20). The first-order chi connectivity index (χ1) is 9.52. The van der Waals surface area contributed by atoms with E-state index in [1.165, 1.54) is 6.42 Å². The maximum Gasteiger partial charge on any atom is 0.338 e. The Kier molecular flexibility index (Phi) is 4.57. The number of carboxylic acid groups (broad SMARTS) is 1. The van der Waals surface area contributed by atoms with Crippen LogP contribution in [0.5, 0.6) is 0 Å². The molecule has 1 saturated carbocycles. The van der Waals surface area contributed by atoms with E-state index in [0.717, 1.165) is 31.7 Å². The Hall–Kier alpha value is -1.65. The fraction of sp³-hybridized carbons (Fsp3) is 0.533. The number of benzene rings is 1. The number of carbonyl (C=O) groups is 1. The molecule has 2 unspecified atom stereocenters. The zero-order valence-electron chi connectivity index (χ0n) is 11.5. The molecular formula is C15H19F2NO2. The minimum atomic E-state index is -1.39. The fourth-order valence-corrected chi connectivity index (χ4v) is 2.91. The first-order valence-electron chi connectivity index (χ1n) is 7.01. The molecule has 1 fully saturated rings. The van der Waals surface area contributed by atoms with Crippen molar-refractivity contribution in [2.24, 2.45) is 5.92 Å². The SMILES string of the molecule is CCC1CCCCC1Nc1cc(C(=O)O)c(F)cc1F. The third kappa shape index (κ3) is 3.08. The predicted molar refractivity (Wildman–Crippen MR) is 73.0 cm³/mol. The number of carboxylic acids is 1. The van der Waals surface area contributed by atoms with E-state index in [0.29, 0.717) is 12.0 Å². The van der Waals surface area contributed by atoms with E-state index in [1.807, 2.05) is 0 Å². The lowest BCUT2D eigenvalue weighted by atomic mass is 9.83. The van der Waals surface area contributed by atoms with Gasteiger partial charge in [0.05, 0.1) is 11.3 Å². The summed E-state index contributed by atoms with van der Waals surface area (Å²) in [6.07, 6.45) is 5.25. The molecule has 0 saturated heterocycles. The van der Waals surface area contributed by atoms with Gasteiger partial charge in [-0.1, -0.05) is 26.2 Å². The van der Waals surface area contributed by atoms with Crippen LogP contribution in [0.2, 0.25) is 0 Å². The second kappa shape index (κ2) is 6.20. The van der Waals surface area contributed by atoms with Gasteiger partial charge in [-0.3, -0.25) is 0 Å². The van der Waals surface area contributed by atoms with Gasteiger partial charge in [-0.05, 0) is 24.8 Å². The molecule has 1 aromatic carbocycles. The van der Waals surface area contributed by atoms with Crippen LogP contribution in [0.3, 0.4) is 0 Å². The summed E-state index contributed by atoms with van der Waals surface area (Å²) >= 11 is 0. The summed E-state index contributed by atoms with van der Waals surface area (Å²) in [5.41, 5.74) is -0.424. The van der Waals surface area contributed by atoms with Crippen LogP contribution in [0, 0.1) is 17.6 Å². The third-order valence-corrected chi connectivity index (χ3v) is 4.06. The molecule has 2 rings (SSSR count). The highest BCUT2D eigenvalue weighted by Crippen LogP contribution is 2.30. The van der Waals surface area contributed by atoms with Crippen LogP contribution in [-0.4, -0.2) is 17.1 Å². The summed E-state index contributed by atoms with van der Waals surface area (Å²) in [6, 6.07) is 1.81. The molecule has 2 atom stereocenters. The Morgan fingerprint density at radius 1 is 1.30 bits per heavy atom. The lowest BCUT2D eigenvalue weighted by molar-refractivity contribution is 0.0692. The van der Waals surface area contributed by atoms with Gasteiger partial charge in [0.15, 0.2) is 0 Å². The van der Waals surface area contributed by atoms with E-state index in [2.05, 4.69) is 12.2 Å². The van der Waals surface area contributed by atoms with Crippen molar-refractivity contribution in [3.8, 4) is 0 Å². The van der Waals surface area contributed by atoms with Gasteiger partial charge in [-0.15, -0.1) is 0 Å². The third-order valence-electron chi connectivity index (χ3n) is 4.06. The van der Waals surface area contributed by atoms with Crippen molar-refractivity contribution in [3.63, 3.8) is 0 Å². The highest BCUT2D eigenvalue weighted by Gasteiger charge is 2.25. The van der Waals surface area contributed by atoms with Crippen molar-refractivity contribution in [2.45, 2.75) is 45.1 Å². The quantitative estimate of drug-likeness (QED) is 0.876. The molecule has 1 aromatic rings. The highest BCUT2D eigenvalue weighted by atomic mass is 19.1.